The number of fused-ring (bicyclic) bond motifs is 1. The maximum atomic E-state index is 11.1. The van der Waals surface area contributed by atoms with E-state index in [4.69, 9.17) is 4.74 Å². The van der Waals surface area contributed by atoms with Gasteiger partial charge in [-0.05, 0) is 6.07 Å². The minimum absolute atomic E-state index is 0.116. The fourth-order valence-electron chi connectivity index (χ4n) is 1.45. The summed E-state index contributed by atoms with van der Waals surface area (Å²) in [5.41, 5.74) is 1.83. The lowest BCUT2D eigenvalue weighted by molar-refractivity contribution is 0.142. The number of H-pyrrole nitrogens is 2. The highest BCUT2D eigenvalue weighted by Crippen LogP contribution is 2.13. The van der Waals surface area contributed by atoms with Gasteiger partial charge in [0.15, 0.2) is 0 Å². The Hall–Kier alpha value is -2.24. The number of benzene rings is 1. The Labute approximate surface area is 90.6 Å². The summed E-state index contributed by atoms with van der Waals surface area (Å²) < 4.78 is 4.91. The van der Waals surface area contributed by atoms with Gasteiger partial charge in [0.1, 0.15) is 6.61 Å². The van der Waals surface area contributed by atoms with Gasteiger partial charge in [-0.3, -0.25) is 0 Å². The van der Waals surface area contributed by atoms with Gasteiger partial charge in [0.2, 0.25) is 0 Å². The second-order valence-corrected chi connectivity index (χ2v) is 3.24. The number of carbonyl (C=O) groups excluding carboxylic acids is 1. The van der Waals surface area contributed by atoms with E-state index in [1.54, 1.807) is 18.2 Å². The molecule has 1 amide bonds. The lowest BCUT2D eigenvalue weighted by atomic mass is 10.2. The highest BCUT2D eigenvalue weighted by molar-refractivity contribution is 5.78. The van der Waals surface area contributed by atoms with Gasteiger partial charge in [0.05, 0.1) is 11.0 Å². The van der Waals surface area contributed by atoms with Crippen molar-refractivity contribution in [1.29, 1.82) is 0 Å². The summed E-state index contributed by atoms with van der Waals surface area (Å²) in [7, 11) is 1.49. The van der Waals surface area contributed by atoms with E-state index in [1.165, 1.54) is 7.05 Å². The minimum atomic E-state index is -0.505. The third-order valence-corrected chi connectivity index (χ3v) is 2.20. The Bertz CT molecular complexity index is 570. The Balaban J connectivity index is 2.30. The quantitative estimate of drug-likeness (QED) is 0.698. The third-order valence-electron chi connectivity index (χ3n) is 2.20. The van der Waals surface area contributed by atoms with Crippen LogP contribution in [0, 0.1) is 0 Å². The van der Waals surface area contributed by atoms with Gasteiger partial charge < -0.3 is 20.0 Å². The zero-order chi connectivity index (χ0) is 11.5. The first-order valence-corrected chi connectivity index (χ1v) is 4.75. The molecule has 1 aromatic heterocycles. The van der Waals surface area contributed by atoms with Crippen LogP contribution in [0.15, 0.2) is 23.0 Å². The van der Waals surface area contributed by atoms with E-state index in [1.807, 2.05) is 0 Å². The fraction of sp³-hybridized carbons (Fsp3) is 0.200. The van der Waals surface area contributed by atoms with Gasteiger partial charge in [-0.25, -0.2) is 9.59 Å². The van der Waals surface area contributed by atoms with Crippen LogP contribution in [-0.2, 0) is 11.3 Å². The first kappa shape index (κ1) is 10.3. The van der Waals surface area contributed by atoms with Crippen LogP contribution in [0.3, 0.4) is 0 Å². The predicted molar refractivity (Wildman–Crippen MR) is 58.2 cm³/mol. The molecule has 3 N–H and O–H groups in total. The maximum absolute atomic E-state index is 11.1. The number of aromatic nitrogens is 2. The predicted octanol–water partition coefficient (Wildman–Crippen LogP) is 0.712. The SMILES string of the molecule is CNC(=O)OCc1cccc2[nH]c(=O)[nH]c12. The summed E-state index contributed by atoms with van der Waals surface area (Å²) in [6, 6.07) is 5.35. The van der Waals surface area contributed by atoms with Crippen molar-refractivity contribution in [2.24, 2.45) is 0 Å². The first-order valence-electron chi connectivity index (χ1n) is 4.75. The van der Waals surface area contributed by atoms with Gasteiger partial charge in [0, 0.05) is 12.6 Å². The molecule has 0 radical (unpaired) electrons. The fourth-order valence-corrected chi connectivity index (χ4v) is 1.45. The lowest BCUT2D eigenvalue weighted by Crippen LogP contribution is -2.18. The number of rotatable bonds is 2. The van der Waals surface area contributed by atoms with E-state index in [9.17, 15) is 9.59 Å². The Kier molecular flexibility index (Phi) is 2.63. The molecule has 0 aliphatic rings. The molecule has 0 saturated carbocycles. The van der Waals surface area contributed by atoms with Crippen molar-refractivity contribution in [2.45, 2.75) is 6.61 Å². The summed E-state index contributed by atoms with van der Waals surface area (Å²) >= 11 is 0. The number of nitrogens with one attached hydrogen (secondary N) is 3. The van der Waals surface area contributed by atoms with Crippen molar-refractivity contribution in [3.63, 3.8) is 0 Å². The first-order chi connectivity index (χ1) is 7.70. The van der Waals surface area contributed by atoms with Crippen LogP contribution in [-0.4, -0.2) is 23.1 Å². The normalized spacial score (nSPS) is 10.3. The highest BCUT2D eigenvalue weighted by atomic mass is 16.5. The van der Waals surface area contributed by atoms with E-state index in [-0.39, 0.29) is 12.3 Å². The van der Waals surface area contributed by atoms with Crippen LogP contribution in [0.1, 0.15) is 5.56 Å². The van der Waals surface area contributed by atoms with E-state index < -0.39 is 6.09 Å². The molecule has 0 spiro atoms. The molecule has 0 saturated heterocycles. The molecule has 6 heteroatoms. The van der Waals surface area contributed by atoms with Crippen molar-refractivity contribution in [1.82, 2.24) is 15.3 Å². The average molecular weight is 221 g/mol. The third kappa shape index (κ3) is 1.90. The molecule has 1 aromatic carbocycles. The highest BCUT2D eigenvalue weighted by Gasteiger charge is 2.06. The molecule has 0 atom stereocenters. The van der Waals surface area contributed by atoms with E-state index >= 15 is 0 Å². The van der Waals surface area contributed by atoms with Crippen LogP contribution in [0.2, 0.25) is 0 Å². The number of amides is 1. The molecular weight excluding hydrogens is 210 g/mol. The number of alkyl carbamates (subject to hydrolysis) is 1. The molecule has 84 valence electrons. The van der Waals surface area contributed by atoms with E-state index in [2.05, 4.69) is 15.3 Å². The van der Waals surface area contributed by atoms with Crippen molar-refractivity contribution in [2.75, 3.05) is 7.05 Å². The van der Waals surface area contributed by atoms with Crippen molar-refractivity contribution in [3.05, 3.63) is 34.2 Å². The van der Waals surface area contributed by atoms with Gasteiger partial charge >= 0.3 is 11.8 Å². The number of imidazole rings is 1. The van der Waals surface area contributed by atoms with Gasteiger partial charge in [-0.15, -0.1) is 0 Å². The van der Waals surface area contributed by atoms with Crippen LogP contribution in [0.4, 0.5) is 4.79 Å². The molecule has 0 fully saturated rings. The number of hydrogen-bond donors (Lipinski definition) is 3. The second-order valence-electron chi connectivity index (χ2n) is 3.24. The van der Waals surface area contributed by atoms with Crippen LogP contribution in [0.5, 0.6) is 0 Å². The Morgan fingerprint density at radius 1 is 1.44 bits per heavy atom. The molecule has 0 aliphatic carbocycles. The number of hydrogen-bond acceptors (Lipinski definition) is 3. The van der Waals surface area contributed by atoms with Gasteiger partial charge in [-0.1, -0.05) is 12.1 Å². The van der Waals surface area contributed by atoms with Gasteiger partial charge in [0.25, 0.3) is 0 Å². The van der Waals surface area contributed by atoms with E-state index in [0.717, 1.165) is 5.56 Å². The Morgan fingerprint density at radius 3 is 3.00 bits per heavy atom. The van der Waals surface area contributed by atoms with E-state index in [0.29, 0.717) is 11.0 Å². The molecular formula is C10H11N3O3. The lowest BCUT2D eigenvalue weighted by Gasteiger charge is -2.04. The molecule has 6 nitrogen and oxygen atoms in total. The molecule has 1 heterocycles. The Morgan fingerprint density at radius 2 is 2.25 bits per heavy atom. The zero-order valence-electron chi connectivity index (χ0n) is 8.66. The van der Waals surface area contributed by atoms with Crippen molar-refractivity contribution in [3.8, 4) is 0 Å². The molecule has 0 unspecified atom stereocenters. The largest absolute Gasteiger partial charge is 0.445 e. The molecule has 2 aromatic rings. The number of para-hydroxylation sites is 1. The summed E-state index contributed by atoms with van der Waals surface area (Å²) in [4.78, 5) is 27.3. The number of ether oxygens (including phenoxy) is 1. The van der Waals surface area contributed by atoms with Crippen LogP contribution in [0.25, 0.3) is 11.0 Å². The molecule has 2 rings (SSSR count). The smallest absolute Gasteiger partial charge is 0.407 e. The number of aromatic amines is 2. The van der Waals surface area contributed by atoms with Crippen molar-refractivity contribution < 1.29 is 9.53 Å². The molecule has 16 heavy (non-hydrogen) atoms. The summed E-state index contributed by atoms with van der Waals surface area (Å²) in [5.74, 6) is 0. The standard InChI is InChI=1S/C10H11N3O3/c1-11-10(15)16-5-6-3-2-4-7-8(6)13-9(14)12-7/h2-4H,5H2,1H3,(H,11,15)(H2,12,13,14). The van der Waals surface area contributed by atoms with Crippen LogP contribution >= 0.6 is 0 Å². The average Bonchev–Trinajstić information content (AvgIpc) is 2.66. The van der Waals surface area contributed by atoms with Crippen molar-refractivity contribution >= 4 is 17.1 Å². The summed E-state index contributed by atoms with van der Waals surface area (Å²) in [6.07, 6.45) is -0.505. The maximum Gasteiger partial charge on any atom is 0.407 e. The topological polar surface area (TPSA) is 87.0 Å². The zero-order valence-corrected chi connectivity index (χ0v) is 8.66. The summed E-state index contributed by atoms with van der Waals surface area (Å²) in [6.45, 7) is 0.116. The van der Waals surface area contributed by atoms with Gasteiger partial charge in [-0.2, -0.15) is 0 Å². The summed E-state index contributed by atoms with van der Waals surface area (Å²) in [5, 5.41) is 2.35. The minimum Gasteiger partial charge on any atom is -0.445 e. The number of carbonyl (C=O) groups is 1. The molecule has 0 aliphatic heterocycles. The second kappa shape index (κ2) is 4.09. The molecule has 0 bridgehead atoms. The van der Waals surface area contributed by atoms with Crippen LogP contribution < -0.4 is 11.0 Å². The monoisotopic (exact) mass is 221 g/mol.